The molecule has 0 radical (unpaired) electrons. The zero-order chi connectivity index (χ0) is 30.9. The van der Waals surface area contributed by atoms with Gasteiger partial charge in [0.05, 0.1) is 18.7 Å². The van der Waals surface area contributed by atoms with Gasteiger partial charge in [-0.15, -0.1) is 0 Å². The lowest BCUT2D eigenvalue weighted by Gasteiger charge is -2.36. The van der Waals surface area contributed by atoms with E-state index in [-0.39, 0.29) is 19.3 Å². The molecule has 1 fully saturated rings. The SMILES string of the molecule is COc1ccc(-c2ccc(C[C@H](NC(=O)CCC3OCCCN3C(=O)OC(C)(C)C)C(=O)NCC(=O)O)cc2)cc1Cl. The van der Waals surface area contributed by atoms with E-state index < -0.39 is 48.3 Å². The van der Waals surface area contributed by atoms with Crippen molar-refractivity contribution in [1.29, 1.82) is 0 Å². The van der Waals surface area contributed by atoms with Gasteiger partial charge in [0.15, 0.2) is 0 Å². The lowest BCUT2D eigenvalue weighted by molar-refractivity contribution is -0.138. The number of rotatable bonds is 11. The van der Waals surface area contributed by atoms with Crippen LogP contribution in [-0.4, -0.2) is 78.6 Å². The molecule has 1 unspecified atom stereocenters. The molecule has 1 aliphatic rings. The highest BCUT2D eigenvalue weighted by atomic mass is 35.5. The van der Waals surface area contributed by atoms with Crippen LogP contribution in [0, 0.1) is 0 Å². The van der Waals surface area contributed by atoms with Crippen LogP contribution >= 0.6 is 11.6 Å². The van der Waals surface area contributed by atoms with Crippen molar-refractivity contribution in [3.63, 3.8) is 0 Å². The standard InChI is InChI=1S/C30H38ClN3O8/c1-30(2,3)42-29(39)34-14-5-15-41-26(34)13-12-25(35)33-23(28(38)32-18-27(36)37)16-19-6-8-20(9-7-19)21-10-11-24(40-4)22(31)17-21/h6-11,17,23,26H,5,12-16,18H2,1-4H3,(H,32,38)(H,33,35)(H,36,37)/t23-,26?/m0/s1. The van der Waals surface area contributed by atoms with E-state index in [9.17, 15) is 19.2 Å². The number of ether oxygens (including phenoxy) is 3. The minimum absolute atomic E-state index is 0.0240. The zero-order valence-electron chi connectivity index (χ0n) is 24.3. The monoisotopic (exact) mass is 603 g/mol. The van der Waals surface area contributed by atoms with Crippen molar-refractivity contribution < 1.29 is 38.5 Å². The fourth-order valence-corrected chi connectivity index (χ4v) is 4.65. The highest BCUT2D eigenvalue weighted by Gasteiger charge is 2.32. The third-order valence-corrected chi connectivity index (χ3v) is 6.69. The summed E-state index contributed by atoms with van der Waals surface area (Å²) in [4.78, 5) is 50.9. The molecule has 1 aliphatic heterocycles. The number of nitrogens with zero attached hydrogens (tertiary/aromatic N) is 1. The summed E-state index contributed by atoms with van der Waals surface area (Å²) in [6, 6.07) is 11.8. The molecule has 3 rings (SSSR count). The molecule has 2 aromatic carbocycles. The van der Waals surface area contributed by atoms with Crippen LogP contribution in [0.15, 0.2) is 42.5 Å². The first-order valence-corrected chi connectivity index (χ1v) is 14.1. The molecule has 0 saturated carbocycles. The van der Waals surface area contributed by atoms with Crippen molar-refractivity contribution in [2.45, 2.75) is 64.3 Å². The Balaban J connectivity index is 1.66. The predicted octanol–water partition coefficient (Wildman–Crippen LogP) is 4.01. The van der Waals surface area contributed by atoms with Crippen molar-refractivity contribution in [2.24, 2.45) is 0 Å². The molecule has 42 heavy (non-hydrogen) atoms. The Hall–Kier alpha value is -3.83. The van der Waals surface area contributed by atoms with Gasteiger partial charge in [-0.05, 0) is 56.0 Å². The maximum Gasteiger partial charge on any atom is 0.412 e. The van der Waals surface area contributed by atoms with Crippen LogP contribution < -0.4 is 15.4 Å². The number of hydrogen-bond donors (Lipinski definition) is 3. The number of amides is 3. The predicted molar refractivity (Wildman–Crippen MR) is 156 cm³/mol. The molecule has 11 nitrogen and oxygen atoms in total. The Morgan fingerprint density at radius 2 is 1.81 bits per heavy atom. The van der Waals surface area contributed by atoms with Crippen molar-refractivity contribution in [3.8, 4) is 16.9 Å². The summed E-state index contributed by atoms with van der Waals surface area (Å²) < 4.78 is 16.4. The van der Waals surface area contributed by atoms with Gasteiger partial charge in [0.25, 0.3) is 0 Å². The summed E-state index contributed by atoms with van der Waals surface area (Å²) in [7, 11) is 1.54. The number of halogens is 1. The van der Waals surface area contributed by atoms with Crippen LogP contribution in [0.25, 0.3) is 11.1 Å². The Bertz CT molecular complexity index is 1260. The first-order valence-electron chi connectivity index (χ1n) is 13.7. The van der Waals surface area contributed by atoms with Gasteiger partial charge in [0, 0.05) is 25.8 Å². The van der Waals surface area contributed by atoms with Crippen molar-refractivity contribution >= 4 is 35.5 Å². The van der Waals surface area contributed by atoms with E-state index >= 15 is 0 Å². The van der Waals surface area contributed by atoms with E-state index in [0.717, 1.165) is 16.7 Å². The molecule has 0 bridgehead atoms. The van der Waals surface area contributed by atoms with Crippen molar-refractivity contribution in [1.82, 2.24) is 15.5 Å². The average molecular weight is 604 g/mol. The average Bonchev–Trinajstić information content (AvgIpc) is 2.94. The maximum absolute atomic E-state index is 12.9. The van der Waals surface area contributed by atoms with Gasteiger partial charge in [-0.3, -0.25) is 19.3 Å². The molecule has 1 heterocycles. The number of hydrogen-bond acceptors (Lipinski definition) is 7. The summed E-state index contributed by atoms with van der Waals surface area (Å²) in [5.74, 6) is -1.70. The van der Waals surface area contributed by atoms with Crippen molar-refractivity contribution in [2.75, 3.05) is 26.8 Å². The van der Waals surface area contributed by atoms with Crippen LogP contribution in [0.4, 0.5) is 4.79 Å². The molecular formula is C30H38ClN3O8. The lowest BCUT2D eigenvalue weighted by atomic mass is 10.00. The van der Waals surface area contributed by atoms with Gasteiger partial charge in [-0.1, -0.05) is 41.9 Å². The summed E-state index contributed by atoms with van der Waals surface area (Å²) >= 11 is 6.25. The zero-order valence-corrected chi connectivity index (χ0v) is 25.0. The summed E-state index contributed by atoms with van der Waals surface area (Å²) in [6.45, 7) is 5.63. The Labute approximate surface area is 250 Å². The van der Waals surface area contributed by atoms with Crippen LogP contribution in [-0.2, 0) is 30.3 Å². The maximum atomic E-state index is 12.9. The first kappa shape index (κ1) is 32.7. The van der Waals surface area contributed by atoms with Gasteiger partial charge >= 0.3 is 12.1 Å². The Kier molecular flexibility index (Phi) is 11.6. The lowest BCUT2D eigenvalue weighted by Crippen LogP contribution is -2.50. The van der Waals surface area contributed by atoms with E-state index in [1.54, 1.807) is 40.0 Å². The van der Waals surface area contributed by atoms with Crippen LogP contribution in [0.2, 0.25) is 5.02 Å². The number of benzene rings is 2. The van der Waals surface area contributed by atoms with Gasteiger partial charge in [-0.25, -0.2) is 4.79 Å². The molecule has 12 heteroatoms. The number of methoxy groups -OCH3 is 1. The number of carbonyl (C=O) groups excluding carboxylic acids is 3. The van der Waals surface area contributed by atoms with Gasteiger partial charge in [0.2, 0.25) is 11.8 Å². The molecule has 0 aromatic heterocycles. The Morgan fingerprint density at radius 3 is 2.43 bits per heavy atom. The minimum Gasteiger partial charge on any atom is -0.495 e. The summed E-state index contributed by atoms with van der Waals surface area (Å²) in [6.07, 6.45) is -0.197. The summed E-state index contributed by atoms with van der Waals surface area (Å²) in [5.41, 5.74) is 1.84. The summed E-state index contributed by atoms with van der Waals surface area (Å²) in [5, 5.41) is 14.5. The van der Waals surface area contributed by atoms with Gasteiger partial charge in [0.1, 0.15) is 30.2 Å². The fraction of sp³-hybridized carbons (Fsp3) is 0.467. The third-order valence-electron chi connectivity index (χ3n) is 6.39. The normalized spacial score (nSPS) is 15.8. The molecule has 1 saturated heterocycles. The Morgan fingerprint density at radius 1 is 1.12 bits per heavy atom. The largest absolute Gasteiger partial charge is 0.495 e. The van der Waals surface area contributed by atoms with E-state index in [1.165, 1.54) is 4.90 Å². The highest BCUT2D eigenvalue weighted by molar-refractivity contribution is 6.32. The number of nitrogens with one attached hydrogen (secondary N) is 2. The third kappa shape index (κ3) is 9.92. The van der Waals surface area contributed by atoms with E-state index in [1.807, 2.05) is 30.3 Å². The van der Waals surface area contributed by atoms with Crippen LogP contribution in [0.1, 0.15) is 45.6 Å². The second-order valence-corrected chi connectivity index (χ2v) is 11.3. The van der Waals surface area contributed by atoms with Gasteiger partial charge in [-0.2, -0.15) is 0 Å². The minimum atomic E-state index is -1.20. The molecular weight excluding hydrogens is 566 g/mol. The molecule has 2 aromatic rings. The van der Waals surface area contributed by atoms with Crippen LogP contribution in [0.5, 0.6) is 5.75 Å². The first-order chi connectivity index (χ1) is 19.9. The fourth-order valence-electron chi connectivity index (χ4n) is 4.39. The number of carboxylic acids is 1. The van der Waals surface area contributed by atoms with E-state index in [0.29, 0.717) is 30.3 Å². The van der Waals surface area contributed by atoms with Crippen molar-refractivity contribution in [3.05, 3.63) is 53.1 Å². The van der Waals surface area contributed by atoms with Crippen LogP contribution in [0.3, 0.4) is 0 Å². The smallest absolute Gasteiger partial charge is 0.412 e. The highest BCUT2D eigenvalue weighted by Crippen LogP contribution is 2.30. The van der Waals surface area contributed by atoms with Gasteiger partial charge < -0.3 is 30.0 Å². The molecule has 0 spiro atoms. The number of carboxylic acid groups (broad SMARTS) is 1. The second-order valence-electron chi connectivity index (χ2n) is 10.9. The quantitative estimate of drug-likeness (QED) is 0.350. The van der Waals surface area contributed by atoms with E-state index in [2.05, 4.69) is 10.6 Å². The number of carbonyl (C=O) groups is 4. The molecule has 2 atom stereocenters. The second kappa shape index (κ2) is 14.9. The molecule has 0 aliphatic carbocycles. The van der Waals surface area contributed by atoms with E-state index in [4.69, 9.17) is 30.9 Å². The molecule has 228 valence electrons. The molecule has 3 N–H and O–H groups in total. The molecule has 3 amide bonds. The topological polar surface area (TPSA) is 144 Å². The number of aliphatic carboxylic acids is 1.